The fourth-order valence-corrected chi connectivity index (χ4v) is 1.45. The van der Waals surface area contributed by atoms with Gasteiger partial charge in [0.2, 0.25) is 0 Å². The molecule has 0 aliphatic heterocycles. The van der Waals surface area contributed by atoms with E-state index in [1.165, 1.54) is 18.2 Å². The number of hydrogen-bond donors (Lipinski definition) is 3. The molecule has 2 amide bonds. The quantitative estimate of drug-likeness (QED) is 0.745. The molecular weight excluding hydrogens is 268 g/mol. The highest BCUT2D eigenvalue weighted by molar-refractivity contribution is 6.33. The molecule has 1 rings (SSSR count). The molecule has 0 saturated heterocycles. The van der Waals surface area contributed by atoms with Crippen LogP contribution in [0.15, 0.2) is 18.2 Å². The van der Waals surface area contributed by atoms with E-state index in [2.05, 4.69) is 16.6 Å². The zero-order valence-corrected chi connectivity index (χ0v) is 11.2. The van der Waals surface area contributed by atoms with E-state index in [1.807, 2.05) is 0 Å². The summed E-state index contributed by atoms with van der Waals surface area (Å²) < 4.78 is 0. The Morgan fingerprint density at radius 1 is 1.42 bits per heavy atom. The average molecular weight is 281 g/mol. The first kappa shape index (κ1) is 14.9. The van der Waals surface area contributed by atoms with E-state index in [4.69, 9.17) is 23.1 Å². The van der Waals surface area contributed by atoms with Crippen molar-refractivity contribution in [3.05, 3.63) is 28.8 Å². The topological polar surface area (TPSA) is 78.4 Å². The van der Waals surface area contributed by atoms with Gasteiger partial charge in [0.05, 0.1) is 16.1 Å². The molecule has 1 aromatic rings. The van der Waals surface area contributed by atoms with E-state index in [0.29, 0.717) is 5.69 Å². The average Bonchev–Trinajstić information content (AvgIpc) is 2.30. The van der Waals surface area contributed by atoms with Gasteiger partial charge in [-0.25, -0.2) is 9.59 Å². The number of hydrogen-bond acceptors (Lipinski definition) is 2. The summed E-state index contributed by atoms with van der Waals surface area (Å²) in [4.78, 5) is 22.6. The first-order valence-electron chi connectivity index (χ1n) is 5.35. The number of urea groups is 1. The fraction of sp³-hybridized carbons (Fsp3) is 0.231. The molecule has 0 spiro atoms. The summed E-state index contributed by atoms with van der Waals surface area (Å²) in [5.41, 5.74) is -0.575. The molecule has 0 saturated carbocycles. The van der Waals surface area contributed by atoms with Crippen molar-refractivity contribution in [1.82, 2.24) is 5.32 Å². The van der Waals surface area contributed by atoms with E-state index in [0.717, 1.165) is 0 Å². The Labute approximate surface area is 116 Å². The molecule has 0 unspecified atom stereocenters. The normalized spacial score (nSPS) is 10.4. The number of carboxylic acid groups (broad SMARTS) is 1. The largest absolute Gasteiger partial charge is 0.478 e. The van der Waals surface area contributed by atoms with Gasteiger partial charge in [0.25, 0.3) is 0 Å². The number of halogens is 1. The maximum atomic E-state index is 11.7. The molecule has 5 nitrogen and oxygen atoms in total. The molecule has 6 heteroatoms. The van der Waals surface area contributed by atoms with Gasteiger partial charge >= 0.3 is 12.0 Å². The lowest BCUT2D eigenvalue weighted by molar-refractivity contribution is 0.0697. The number of benzene rings is 1. The van der Waals surface area contributed by atoms with Crippen LogP contribution in [0.25, 0.3) is 0 Å². The van der Waals surface area contributed by atoms with Crippen LogP contribution in [0.3, 0.4) is 0 Å². The van der Waals surface area contributed by atoms with E-state index < -0.39 is 17.5 Å². The van der Waals surface area contributed by atoms with Crippen LogP contribution in [0.5, 0.6) is 0 Å². The molecule has 100 valence electrons. The minimum Gasteiger partial charge on any atom is -0.478 e. The number of aromatic carboxylic acids is 1. The minimum atomic E-state index is -1.17. The maximum Gasteiger partial charge on any atom is 0.337 e. The number of anilines is 1. The van der Waals surface area contributed by atoms with Crippen molar-refractivity contribution in [2.24, 2.45) is 0 Å². The Bertz CT molecular complexity index is 561. The van der Waals surface area contributed by atoms with Crippen LogP contribution in [0.1, 0.15) is 24.2 Å². The first-order valence-corrected chi connectivity index (χ1v) is 5.73. The van der Waals surface area contributed by atoms with E-state index in [1.54, 1.807) is 13.8 Å². The second kappa shape index (κ2) is 5.63. The predicted molar refractivity (Wildman–Crippen MR) is 73.5 cm³/mol. The number of carbonyl (C=O) groups excluding carboxylic acids is 1. The summed E-state index contributed by atoms with van der Waals surface area (Å²) in [6, 6.07) is 3.64. The van der Waals surface area contributed by atoms with Crippen molar-refractivity contribution in [1.29, 1.82) is 0 Å². The van der Waals surface area contributed by atoms with Gasteiger partial charge in [-0.3, -0.25) is 0 Å². The Morgan fingerprint density at radius 3 is 2.58 bits per heavy atom. The SMILES string of the molecule is C#CC(C)(C)NC(=O)Nc1ccc(Cl)c(C(=O)O)c1. The van der Waals surface area contributed by atoms with Crippen molar-refractivity contribution in [3.63, 3.8) is 0 Å². The molecular formula is C13H13ClN2O3. The summed E-state index contributed by atoms with van der Waals surface area (Å²) in [5, 5.41) is 14.0. The van der Waals surface area contributed by atoms with E-state index in [-0.39, 0.29) is 10.6 Å². The van der Waals surface area contributed by atoms with Crippen LogP contribution in [-0.2, 0) is 0 Å². The Kier molecular flexibility index (Phi) is 4.41. The van der Waals surface area contributed by atoms with Crippen molar-refractivity contribution in [2.75, 3.05) is 5.32 Å². The van der Waals surface area contributed by atoms with Gasteiger partial charge in [-0.15, -0.1) is 6.42 Å². The highest BCUT2D eigenvalue weighted by Gasteiger charge is 2.17. The highest BCUT2D eigenvalue weighted by Crippen LogP contribution is 2.20. The number of amides is 2. The van der Waals surface area contributed by atoms with Crippen LogP contribution in [0.4, 0.5) is 10.5 Å². The number of carboxylic acids is 1. The van der Waals surface area contributed by atoms with E-state index in [9.17, 15) is 9.59 Å². The summed E-state index contributed by atoms with van der Waals surface area (Å²) in [6.45, 7) is 3.33. The molecule has 19 heavy (non-hydrogen) atoms. The molecule has 0 heterocycles. The highest BCUT2D eigenvalue weighted by atomic mass is 35.5. The number of rotatable bonds is 3. The Hall–Kier alpha value is -2.19. The lowest BCUT2D eigenvalue weighted by Crippen LogP contribution is -2.44. The zero-order chi connectivity index (χ0) is 14.6. The van der Waals surface area contributed by atoms with Crippen LogP contribution in [-0.4, -0.2) is 22.6 Å². The fourth-order valence-electron chi connectivity index (χ4n) is 1.25. The molecule has 0 atom stereocenters. The predicted octanol–water partition coefficient (Wildman–Crippen LogP) is 2.57. The van der Waals surface area contributed by atoms with Crippen LogP contribution in [0, 0.1) is 12.3 Å². The smallest absolute Gasteiger partial charge is 0.337 e. The summed E-state index contributed by atoms with van der Waals surface area (Å²) >= 11 is 5.72. The molecule has 0 radical (unpaired) electrons. The van der Waals surface area contributed by atoms with Gasteiger partial charge in [0.1, 0.15) is 0 Å². The van der Waals surface area contributed by atoms with Crippen LogP contribution < -0.4 is 10.6 Å². The van der Waals surface area contributed by atoms with Gasteiger partial charge < -0.3 is 15.7 Å². The third-order valence-electron chi connectivity index (χ3n) is 2.24. The van der Waals surface area contributed by atoms with Crippen LogP contribution >= 0.6 is 11.6 Å². The monoisotopic (exact) mass is 280 g/mol. The van der Waals surface area contributed by atoms with Crippen molar-refractivity contribution in [2.45, 2.75) is 19.4 Å². The molecule has 0 bridgehead atoms. The maximum absolute atomic E-state index is 11.7. The standard InChI is InChI=1S/C13H13ClN2O3/c1-4-13(2,3)16-12(19)15-8-5-6-10(14)9(7-8)11(17)18/h1,5-7H,2-3H3,(H,17,18)(H2,15,16,19). The van der Waals surface area contributed by atoms with Gasteiger partial charge in [-0.05, 0) is 32.0 Å². The lowest BCUT2D eigenvalue weighted by Gasteiger charge is -2.20. The third-order valence-corrected chi connectivity index (χ3v) is 2.57. The van der Waals surface area contributed by atoms with Gasteiger partial charge in [0, 0.05) is 5.69 Å². The summed E-state index contributed by atoms with van der Waals surface area (Å²) in [7, 11) is 0. The minimum absolute atomic E-state index is 0.0873. The molecule has 0 fully saturated rings. The Morgan fingerprint density at radius 2 is 2.05 bits per heavy atom. The second-order valence-corrected chi connectivity index (χ2v) is 4.76. The molecule has 0 aromatic heterocycles. The van der Waals surface area contributed by atoms with Gasteiger partial charge in [-0.1, -0.05) is 17.5 Å². The first-order chi connectivity index (χ1) is 8.75. The van der Waals surface area contributed by atoms with Crippen molar-refractivity contribution >= 4 is 29.3 Å². The van der Waals surface area contributed by atoms with Gasteiger partial charge in [0.15, 0.2) is 0 Å². The summed E-state index contributed by atoms with van der Waals surface area (Å²) in [5.74, 6) is 1.24. The number of terminal acetylenes is 1. The van der Waals surface area contributed by atoms with E-state index >= 15 is 0 Å². The lowest BCUT2D eigenvalue weighted by atomic mass is 10.1. The van der Waals surface area contributed by atoms with Crippen LogP contribution in [0.2, 0.25) is 5.02 Å². The summed E-state index contributed by atoms with van der Waals surface area (Å²) in [6.07, 6.45) is 5.24. The molecule has 0 aliphatic carbocycles. The van der Waals surface area contributed by atoms with Gasteiger partial charge in [-0.2, -0.15) is 0 Å². The number of nitrogens with one attached hydrogen (secondary N) is 2. The van der Waals surface area contributed by atoms with Crippen molar-refractivity contribution in [3.8, 4) is 12.3 Å². The van der Waals surface area contributed by atoms with Crippen molar-refractivity contribution < 1.29 is 14.7 Å². The zero-order valence-electron chi connectivity index (χ0n) is 10.5. The second-order valence-electron chi connectivity index (χ2n) is 4.35. The molecule has 0 aliphatic rings. The molecule has 3 N–H and O–H groups in total. The Balaban J connectivity index is 2.84. The number of carbonyl (C=O) groups is 2. The third kappa shape index (κ3) is 4.19. The molecule has 1 aromatic carbocycles.